The topological polar surface area (TPSA) is 50.7 Å². The van der Waals surface area contributed by atoms with Crippen LogP contribution in [-0.2, 0) is 5.41 Å². The number of hydrogen-bond acceptors (Lipinski definition) is 4. The van der Waals surface area contributed by atoms with Crippen molar-refractivity contribution in [3.05, 3.63) is 35.9 Å². The van der Waals surface area contributed by atoms with Crippen molar-refractivity contribution in [1.82, 2.24) is 15.0 Å². The van der Waals surface area contributed by atoms with E-state index in [0.29, 0.717) is 0 Å². The summed E-state index contributed by atoms with van der Waals surface area (Å²) in [6, 6.07) is 6.06. The zero-order valence-corrected chi connectivity index (χ0v) is 13.6. The molecule has 0 unspecified atom stereocenters. The highest BCUT2D eigenvalue weighted by Gasteiger charge is 2.19. The summed E-state index contributed by atoms with van der Waals surface area (Å²) in [4.78, 5) is 13.7. The van der Waals surface area contributed by atoms with Crippen molar-refractivity contribution < 1.29 is 0 Å². The SMILES string of the molecule is CCCNc1cc(-c2ccc(C)nc2)nc(C(C)(C)C)n1. The van der Waals surface area contributed by atoms with E-state index >= 15 is 0 Å². The van der Waals surface area contributed by atoms with Gasteiger partial charge in [0.05, 0.1) is 5.69 Å². The monoisotopic (exact) mass is 284 g/mol. The molecule has 2 rings (SSSR count). The molecule has 2 aromatic heterocycles. The van der Waals surface area contributed by atoms with Crippen LogP contribution in [0.5, 0.6) is 0 Å². The number of aromatic nitrogens is 3. The molecule has 0 aliphatic rings. The lowest BCUT2D eigenvalue weighted by atomic mass is 9.95. The lowest BCUT2D eigenvalue weighted by Gasteiger charge is -2.19. The lowest BCUT2D eigenvalue weighted by molar-refractivity contribution is 0.546. The second-order valence-electron chi connectivity index (χ2n) is 6.33. The molecule has 0 aliphatic carbocycles. The molecule has 21 heavy (non-hydrogen) atoms. The smallest absolute Gasteiger partial charge is 0.136 e. The third kappa shape index (κ3) is 4.00. The minimum atomic E-state index is -0.0865. The summed E-state index contributed by atoms with van der Waals surface area (Å²) in [6.45, 7) is 11.4. The molecule has 0 bridgehead atoms. The molecule has 0 amide bonds. The van der Waals surface area contributed by atoms with Crippen LogP contribution in [0.25, 0.3) is 11.3 Å². The van der Waals surface area contributed by atoms with E-state index in [1.165, 1.54) is 0 Å². The normalized spacial score (nSPS) is 11.5. The average Bonchev–Trinajstić information content (AvgIpc) is 2.44. The summed E-state index contributed by atoms with van der Waals surface area (Å²) in [5, 5.41) is 3.36. The maximum Gasteiger partial charge on any atom is 0.136 e. The molecular weight excluding hydrogens is 260 g/mol. The van der Waals surface area contributed by atoms with Gasteiger partial charge in [-0.15, -0.1) is 0 Å². The van der Waals surface area contributed by atoms with Gasteiger partial charge in [0.1, 0.15) is 11.6 Å². The highest BCUT2D eigenvalue weighted by atomic mass is 15.0. The molecule has 0 radical (unpaired) electrons. The number of nitrogens with zero attached hydrogens (tertiary/aromatic N) is 3. The maximum absolute atomic E-state index is 4.72. The number of aryl methyl sites for hydroxylation is 1. The molecule has 0 saturated heterocycles. The van der Waals surface area contributed by atoms with Crippen LogP contribution >= 0.6 is 0 Å². The van der Waals surface area contributed by atoms with Gasteiger partial charge in [-0.2, -0.15) is 0 Å². The minimum absolute atomic E-state index is 0.0865. The molecule has 4 nitrogen and oxygen atoms in total. The van der Waals surface area contributed by atoms with Crippen molar-refractivity contribution in [2.24, 2.45) is 0 Å². The first kappa shape index (κ1) is 15.4. The Morgan fingerprint density at radius 1 is 1.14 bits per heavy atom. The summed E-state index contributed by atoms with van der Waals surface area (Å²) in [5.74, 6) is 1.73. The predicted octanol–water partition coefficient (Wildman–Crippen LogP) is 3.97. The van der Waals surface area contributed by atoms with Crippen LogP contribution < -0.4 is 5.32 Å². The Bertz CT molecular complexity index is 597. The highest BCUT2D eigenvalue weighted by Crippen LogP contribution is 2.25. The molecule has 2 heterocycles. The van der Waals surface area contributed by atoms with E-state index in [1.54, 1.807) is 0 Å². The highest BCUT2D eigenvalue weighted by molar-refractivity contribution is 5.61. The van der Waals surface area contributed by atoms with Gasteiger partial charge in [-0.3, -0.25) is 4.98 Å². The number of nitrogens with one attached hydrogen (secondary N) is 1. The van der Waals surface area contributed by atoms with Gasteiger partial charge < -0.3 is 5.32 Å². The Balaban J connectivity index is 2.46. The Morgan fingerprint density at radius 2 is 1.90 bits per heavy atom. The zero-order chi connectivity index (χ0) is 15.5. The predicted molar refractivity (Wildman–Crippen MR) is 87.5 cm³/mol. The molecule has 0 saturated carbocycles. The van der Waals surface area contributed by atoms with E-state index in [2.05, 4.69) is 49.0 Å². The van der Waals surface area contributed by atoms with Crippen LogP contribution in [0.15, 0.2) is 24.4 Å². The van der Waals surface area contributed by atoms with E-state index in [-0.39, 0.29) is 5.41 Å². The largest absolute Gasteiger partial charge is 0.370 e. The Labute approximate surface area is 127 Å². The third-order valence-electron chi connectivity index (χ3n) is 3.16. The second kappa shape index (κ2) is 6.20. The van der Waals surface area contributed by atoms with Gasteiger partial charge in [0.2, 0.25) is 0 Å². The van der Waals surface area contributed by atoms with Crippen LogP contribution in [0.2, 0.25) is 0 Å². The van der Waals surface area contributed by atoms with Crippen LogP contribution in [0.3, 0.4) is 0 Å². The van der Waals surface area contributed by atoms with Gasteiger partial charge in [0.15, 0.2) is 0 Å². The first-order chi connectivity index (χ1) is 9.90. The summed E-state index contributed by atoms with van der Waals surface area (Å²) in [6.07, 6.45) is 2.93. The van der Waals surface area contributed by atoms with Gasteiger partial charge in [-0.05, 0) is 25.5 Å². The molecule has 4 heteroatoms. The summed E-state index contributed by atoms with van der Waals surface area (Å²) in [5.41, 5.74) is 2.86. The van der Waals surface area contributed by atoms with Crippen molar-refractivity contribution in [3.8, 4) is 11.3 Å². The van der Waals surface area contributed by atoms with Crippen LogP contribution in [-0.4, -0.2) is 21.5 Å². The Kier molecular flexibility index (Phi) is 4.56. The van der Waals surface area contributed by atoms with Crippen molar-refractivity contribution in [2.75, 3.05) is 11.9 Å². The molecule has 2 aromatic rings. The molecule has 112 valence electrons. The Morgan fingerprint density at radius 3 is 2.48 bits per heavy atom. The minimum Gasteiger partial charge on any atom is -0.370 e. The standard InChI is InChI=1S/C17H24N4/c1-6-9-18-15-10-14(13-8-7-12(2)19-11-13)20-16(21-15)17(3,4)5/h7-8,10-11H,6,9H2,1-5H3,(H,18,20,21). The summed E-state index contributed by atoms with van der Waals surface area (Å²) in [7, 11) is 0. The third-order valence-corrected chi connectivity index (χ3v) is 3.16. The number of pyridine rings is 1. The van der Waals surface area contributed by atoms with Crippen molar-refractivity contribution in [1.29, 1.82) is 0 Å². The van der Waals surface area contributed by atoms with Gasteiger partial charge >= 0.3 is 0 Å². The van der Waals surface area contributed by atoms with Crippen molar-refractivity contribution >= 4 is 5.82 Å². The van der Waals surface area contributed by atoms with Crippen LogP contribution in [0.4, 0.5) is 5.82 Å². The summed E-state index contributed by atoms with van der Waals surface area (Å²) < 4.78 is 0. The first-order valence-electron chi connectivity index (χ1n) is 7.46. The van der Waals surface area contributed by atoms with Gasteiger partial charge in [-0.1, -0.05) is 27.7 Å². The molecule has 1 N–H and O–H groups in total. The molecule has 0 aliphatic heterocycles. The van der Waals surface area contributed by atoms with Crippen LogP contribution in [0.1, 0.15) is 45.6 Å². The number of anilines is 1. The Hall–Kier alpha value is -1.97. The molecule has 0 fully saturated rings. The molecule has 0 atom stereocenters. The first-order valence-corrected chi connectivity index (χ1v) is 7.46. The fraction of sp³-hybridized carbons (Fsp3) is 0.471. The lowest BCUT2D eigenvalue weighted by Crippen LogP contribution is -2.18. The van der Waals surface area contributed by atoms with E-state index in [9.17, 15) is 0 Å². The number of rotatable bonds is 4. The zero-order valence-electron chi connectivity index (χ0n) is 13.6. The number of hydrogen-bond donors (Lipinski definition) is 1. The van der Waals surface area contributed by atoms with Gasteiger partial charge in [0, 0.05) is 35.5 Å². The van der Waals surface area contributed by atoms with Crippen molar-refractivity contribution in [2.45, 2.75) is 46.5 Å². The van der Waals surface area contributed by atoms with Gasteiger partial charge in [-0.25, -0.2) is 9.97 Å². The molecule has 0 spiro atoms. The van der Waals surface area contributed by atoms with Gasteiger partial charge in [0.25, 0.3) is 0 Å². The van der Waals surface area contributed by atoms with Crippen molar-refractivity contribution in [3.63, 3.8) is 0 Å². The average molecular weight is 284 g/mol. The fourth-order valence-electron chi connectivity index (χ4n) is 1.89. The molecule has 0 aromatic carbocycles. The quantitative estimate of drug-likeness (QED) is 0.923. The maximum atomic E-state index is 4.72. The summed E-state index contributed by atoms with van der Waals surface area (Å²) >= 11 is 0. The van der Waals surface area contributed by atoms with E-state index < -0.39 is 0 Å². The fourth-order valence-corrected chi connectivity index (χ4v) is 1.89. The van der Waals surface area contributed by atoms with E-state index in [1.807, 2.05) is 25.3 Å². The van der Waals surface area contributed by atoms with E-state index in [0.717, 1.165) is 41.6 Å². The van der Waals surface area contributed by atoms with Crippen LogP contribution in [0, 0.1) is 6.92 Å². The van der Waals surface area contributed by atoms with E-state index in [4.69, 9.17) is 4.98 Å². The second-order valence-corrected chi connectivity index (χ2v) is 6.33. The molecular formula is C17H24N4.